The lowest BCUT2D eigenvalue weighted by Gasteiger charge is -2.42. The smallest absolute Gasteiger partial charge is 0.319 e. The number of ether oxygens (including phenoxy) is 1. The molecule has 4 aromatic rings. The van der Waals surface area contributed by atoms with Crippen molar-refractivity contribution in [2.75, 3.05) is 43.4 Å². The van der Waals surface area contributed by atoms with Gasteiger partial charge in [0.2, 0.25) is 5.91 Å². The van der Waals surface area contributed by atoms with Gasteiger partial charge in [-0.1, -0.05) is 22.9 Å². The second-order valence-electron chi connectivity index (χ2n) is 15.0. The fraction of sp³-hybridized carbons (Fsp3) is 0.543. The number of halogens is 4. The summed E-state index contributed by atoms with van der Waals surface area (Å²) in [6, 6.07) is 4.53. The molecule has 10 rings (SSSR count). The number of nitrogens with zero attached hydrogens (tertiary/aromatic N) is 6. The second kappa shape index (κ2) is 11.3. The second-order valence-corrected chi connectivity index (χ2v) is 16.4. The molecular weight excluding hydrogens is 689 g/mol. The van der Waals surface area contributed by atoms with Gasteiger partial charge in [0, 0.05) is 60.7 Å². The van der Waals surface area contributed by atoms with Crippen molar-refractivity contribution in [3.63, 3.8) is 0 Å². The highest BCUT2D eigenvalue weighted by Gasteiger charge is 2.55. The van der Waals surface area contributed by atoms with E-state index in [-0.39, 0.29) is 68.1 Å². The summed E-state index contributed by atoms with van der Waals surface area (Å²) in [4.78, 5) is 33.8. The van der Waals surface area contributed by atoms with E-state index in [1.807, 2.05) is 0 Å². The number of nitrogens with two attached hydrogens (primary N) is 1. The number of alkyl halides is 1. The highest BCUT2D eigenvalue weighted by atomic mass is 35.5. The molecule has 6 atom stereocenters. The number of piperazine rings is 1. The van der Waals surface area contributed by atoms with Gasteiger partial charge in [-0.2, -0.15) is 9.97 Å². The van der Waals surface area contributed by atoms with Gasteiger partial charge in [-0.05, 0) is 69.2 Å². The summed E-state index contributed by atoms with van der Waals surface area (Å²) >= 11 is 7.87. The van der Waals surface area contributed by atoms with E-state index in [2.05, 4.69) is 30.0 Å². The molecule has 7 heterocycles. The number of anilines is 2. The molecule has 0 spiro atoms. The highest BCUT2D eigenvalue weighted by molar-refractivity contribution is 7.22. The van der Waals surface area contributed by atoms with E-state index in [1.165, 1.54) is 25.0 Å². The Hall–Kier alpha value is -3.46. The van der Waals surface area contributed by atoms with Crippen molar-refractivity contribution in [1.29, 1.82) is 0 Å². The van der Waals surface area contributed by atoms with Crippen molar-refractivity contribution in [1.82, 2.24) is 30.1 Å². The third-order valence-electron chi connectivity index (χ3n) is 11.9. The average Bonchev–Trinajstić information content (AvgIpc) is 3.96. The normalized spacial score (nSPS) is 30.5. The Balaban J connectivity index is 1.05. The summed E-state index contributed by atoms with van der Waals surface area (Å²) in [5.74, 6) is 0.0489. The largest absolute Gasteiger partial charge is 0.461 e. The lowest BCUT2D eigenvalue weighted by atomic mass is 9.95. The van der Waals surface area contributed by atoms with Crippen LogP contribution in [0.4, 0.5) is 24.1 Å². The molecule has 2 aromatic heterocycles. The maximum Gasteiger partial charge on any atom is 0.319 e. The maximum atomic E-state index is 17.0. The number of nitrogens with one attached hydrogen (secondary N) is 1. The van der Waals surface area contributed by atoms with Crippen molar-refractivity contribution in [2.24, 2.45) is 5.92 Å². The highest BCUT2D eigenvalue weighted by Crippen LogP contribution is 2.46. The summed E-state index contributed by atoms with van der Waals surface area (Å²) < 4.78 is 52.8. The number of benzene rings is 2. The zero-order valence-corrected chi connectivity index (χ0v) is 28.8. The van der Waals surface area contributed by atoms with Gasteiger partial charge in [-0.25, -0.2) is 18.2 Å². The first-order valence-electron chi connectivity index (χ1n) is 17.6. The van der Waals surface area contributed by atoms with Gasteiger partial charge in [-0.15, -0.1) is 0 Å². The maximum absolute atomic E-state index is 17.0. The minimum atomic E-state index is -0.929. The van der Waals surface area contributed by atoms with Crippen LogP contribution in [-0.2, 0) is 4.79 Å². The van der Waals surface area contributed by atoms with Crippen LogP contribution in [0.3, 0.4) is 0 Å². The van der Waals surface area contributed by atoms with Crippen LogP contribution in [0.2, 0.25) is 5.02 Å². The topological polar surface area (TPSA) is 123 Å². The van der Waals surface area contributed by atoms with E-state index in [1.54, 1.807) is 6.07 Å². The molecule has 3 N–H and O–H groups in total. The van der Waals surface area contributed by atoms with Gasteiger partial charge >= 0.3 is 6.01 Å². The number of hydrogen-bond acceptors (Lipinski definition) is 10. The van der Waals surface area contributed by atoms with Crippen LogP contribution in [-0.4, -0.2) is 99.3 Å². The van der Waals surface area contributed by atoms with E-state index in [4.69, 9.17) is 27.1 Å². The SMILES string of the molecule is Nc1nc2c(-c3c(Cl)cc4c(N5CC6CCC(C5)N6C(=O)[C@H]5N[C@H]5C5CC5)nc(OC[C@@]56CCCN5C[C@H](F)C6)nc4c3F)ccc(F)c2s1. The predicted octanol–water partition coefficient (Wildman–Crippen LogP) is 5.31. The Labute approximate surface area is 295 Å². The number of rotatable bonds is 7. The first-order valence-corrected chi connectivity index (χ1v) is 18.8. The molecule has 6 fully saturated rings. The summed E-state index contributed by atoms with van der Waals surface area (Å²) in [7, 11) is 0. The molecule has 50 heavy (non-hydrogen) atoms. The third kappa shape index (κ3) is 4.88. The van der Waals surface area contributed by atoms with Crippen molar-refractivity contribution in [3.8, 4) is 17.1 Å². The van der Waals surface area contributed by atoms with Crippen LogP contribution < -0.4 is 20.7 Å². The lowest BCUT2D eigenvalue weighted by molar-refractivity contribution is -0.134. The van der Waals surface area contributed by atoms with Crippen molar-refractivity contribution in [3.05, 3.63) is 34.9 Å². The number of aromatic nitrogens is 3. The number of thiazole rings is 1. The molecule has 15 heteroatoms. The number of hydrogen-bond donors (Lipinski definition) is 2. The van der Waals surface area contributed by atoms with Gasteiger partial charge in [0.25, 0.3) is 0 Å². The minimum Gasteiger partial charge on any atom is -0.461 e. The van der Waals surface area contributed by atoms with Crippen LogP contribution in [0.1, 0.15) is 44.9 Å². The van der Waals surface area contributed by atoms with Gasteiger partial charge in [0.05, 0.1) is 20.8 Å². The summed E-state index contributed by atoms with van der Waals surface area (Å²) in [5.41, 5.74) is 6.03. The Morgan fingerprint density at radius 3 is 2.68 bits per heavy atom. The summed E-state index contributed by atoms with van der Waals surface area (Å²) in [6.07, 6.45) is 5.32. The molecule has 1 saturated carbocycles. The Kier molecular flexibility index (Phi) is 7.05. The first kappa shape index (κ1) is 31.3. The van der Waals surface area contributed by atoms with Gasteiger partial charge in [-0.3, -0.25) is 15.0 Å². The Morgan fingerprint density at radius 2 is 1.90 bits per heavy atom. The quantitative estimate of drug-likeness (QED) is 0.245. The predicted molar refractivity (Wildman–Crippen MR) is 185 cm³/mol. The molecule has 5 aliphatic heterocycles. The molecule has 5 saturated heterocycles. The van der Waals surface area contributed by atoms with E-state index >= 15 is 4.39 Å². The third-order valence-corrected chi connectivity index (χ3v) is 13.1. The van der Waals surface area contributed by atoms with E-state index in [9.17, 15) is 13.6 Å². The molecular formula is C35H36ClF3N8O2S. The average molecular weight is 725 g/mol. The lowest BCUT2D eigenvalue weighted by Crippen LogP contribution is -2.57. The molecule has 2 aromatic carbocycles. The van der Waals surface area contributed by atoms with E-state index in [0.717, 1.165) is 43.6 Å². The monoisotopic (exact) mass is 724 g/mol. The Morgan fingerprint density at radius 1 is 1.10 bits per heavy atom. The number of nitrogen functional groups attached to an aromatic ring is 1. The number of amides is 1. The minimum absolute atomic E-state index is 0.000883. The van der Waals surface area contributed by atoms with Crippen LogP contribution in [0.25, 0.3) is 32.2 Å². The molecule has 10 nitrogen and oxygen atoms in total. The number of carbonyl (C=O) groups is 1. The number of fused-ring (bicyclic) bond motifs is 5. The first-order chi connectivity index (χ1) is 24.2. The molecule has 262 valence electrons. The van der Waals surface area contributed by atoms with Crippen molar-refractivity contribution < 1.29 is 22.7 Å². The summed E-state index contributed by atoms with van der Waals surface area (Å²) in [5, 5.41) is 4.07. The zero-order chi connectivity index (χ0) is 34.1. The fourth-order valence-electron chi connectivity index (χ4n) is 9.39. The van der Waals surface area contributed by atoms with E-state index < -0.39 is 23.3 Å². The van der Waals surface area contributed by atoms with Gasteiger partial charge < -0.3 is 20.3 Å². The number of carbonyl (C=O) groups excluding carboxylic acids is 1. The van der Waals surface area contributed by atoms with Crippen LogP contribution in [0.5, 0.6) is 6.01 Å². The van der Waals surface area contributed by atoms with E-state index in [0.29, 0.717) is 54.8 Å². The standard InChI is InChI=1S/C35H36ClF3N8O2S/c36-22-10-21-27(25(39)24(22)20-6-7-23(38)30-28(20)42-33(40)50-30)43-34(49-15-35-8-1-9-46(35)12-17(37)11-35)44-31(21)45-13-18-4-5-19(14-45)47(18)32(48)29-26(41-29)16-2-3-16/h6-7,10,16-19,26,29,41H,1-5,8-9,11-15H2,(H2,40,42)/t17-,18?,19?,26+,29+,35+/m1/s1. The van der Waals surface area contributed by atoms with Gasteiger partial charge in [0.15, 0.2) is 10.9 Å². The fourth-order valence-corrected chi connectivity index (χ4v) is 10.4. The molecule has 2 unspecified atom stereocenters. The molecule has 6 aliphatic rings. The molecule has 1 amide bonds. The van der Waals surface area contributed by atoms with Crippen LogP contribution in [0, 0.1) is 17.6 Å². The van der Waals surface area contributed by atoms with Crippen molar-refractivity contribution >= 4 is 60.9 Å². The van der Waals surface area contributed by atoms with Crippen LogP contribution in [0.15, 0.2) is 18.2 Å². The zero-order valence-electron chi connectivity index (χ0n) is 27.2. The molecule has 1 aliphatic carbocycles. The molecule has 0 radical (unpaired) electrons. The van der Waals surface area contributed by atoms with Crippen LogP contribution >= 0.6 is 22.9 Å². The van der Waals surface area contributed by atoms with Gasteiger partial charge in [0.1, 0.15) is 36.0 Å². The summed E-state index contributed by atoms with van der Waals surface area (Å²) in [6.45, 7) is 2.41. The van der Waals surface area contributed by atoms with Crippen molar-refractivity contribution in [2.45, 2.75) is 80.8 Å². The Bertz CT molecular complexity index is 2070. The molecule has 2 bridgehead atoms.